The van der Waals surface area contributed by atoms with Crippen molar-refractivity contribution in [3.63, 3.8) is 0 Å². The van der Waals surface area contributed by atoms with Gasteiger partial charge in [0.25, 0.3) is 0 Å². The molecule has 1 aliphatic heterocycles. The van der Waals surface area contributed by atoms with E-state index in [0.717, 1.165) is 35.2 Å². The van der Waals surface area contributed by atoms with Gasteiger partial charge < -0.3 is 9.47 Å². The highest BCUT2D eigenvalue weighted by molar-refractivity contribution is 5.89. The van der Waals surface area contributed by atoms with Gasteiger partial charge in [-0.3, -0.25) is 19.5 Å². The van der Waals surface area contributed by atoms with Gasteiger partial charge in [-0.15, -0.1) is 0 Å². The van der Waals surface area contributed by atoms with E-state index >= 15 is 0 Å². The van der Waals surface area contributed by atoms with E-state index in [9.17, 15) is 9.59 Å². The number of hydrogen-bond acceptors (Lipinski definition) is 6. The number of esters is 1. The maximum absolute atomic E-state index is 11.9. The molecule has 27 heavy (non-hydrogen) atoms. The summed E-state index contributed by atoms with van der Waals surface area (Å²) in [7, 11) is 1.63. The van der Waals surface area contributed by atoms with Crippen molar-refractivity contribution in [2.45, 2.75) is 44.9 Å². The third kappa shape index (κ3) is 3.08. The number of benzene rings is 1. The predicted molar refractivity (Wildman–Crippen MR) is 100 cm³/mol. The molecule has 1 aliphatic carbocycles. The minimum atomic E-state index is -0.436. The molecule has 0 radical (unpaired) electrons. The van der Waals surface area contributed by atoms with Crippen molar-refractivity contribution >= 4 is 22.7 Å². The number of carbonyl (C=O) groups is 2. The Labute approximate surface area is 158 Å². The Hall–Kier alpha value is -2.47. The van der Waals surface area contributed by atoms with E-state index < -0.39 is 6.10 Å². The molecule has 6 nitrogen and oxygen atoms in total. The summed E-state index contributed by atoms with van der Waals surface area (Å²) >= 11 is 0. The molecule has 0 amide bonds. The van der Waals surface area contributed by atoms with Gasteiger partial charge in [0.1, 0.15) is 17.6 Å². The number of hydrogen-bond donors (Lipinski definition) is 0. The van der Waals surface area contributed by atoms with Crippen LogP contribution in [-0.4, -0.2) is 47.4 Å². The molecule has 0 spiro atoms. The van der Waals surface area contributed by atoms with E-state index in [2.05, 4.69) is 16.8 Å². The fourth-order valence-corrected chi connectivity index (χ4v) is 4.51. The molecule has 2 fully saturated rings. The van der Waals surface area contributed by atoms with Crippen LogP contribution in [0.4, 0.5) is 0 Å². The number of nitrogens with zero attached hydrogens (tertiary/aromatic N) is 2. The van der Waals surface area contributed by atoms with Crippen LogP contribution in [0.1, 0.15) is 38.4 Å². The minimum absolute atomic E-state index is 0.0335. The van der Waals surface area contributed by atoms with Crippen molar-refractivity contribution in [1.29, 1.82) is 0 Å². The molecule has 4 atom stereocenters. The number of fused-ring (bicyclic) bond motifs is 2. The molecule has 3 unspecified atom stereocenters. The van der Waals surface area contributed by atoms with Crippen LogP contribution in [0.25, 0.3) is 10.9 Å². The summed E-state index contributed by atoms with van der Waals surface area (Å²) in [4.78, 5) is 30.4. The second-order valence-corrected chi connectivity index (χ2v) is 7.42. The van der Waals surface area contributed by atoms with E-state index in [0.29, 0.717) is 12.2 Å². The Morgan fingerprint density at radius 2 is 2.15 bits per heavy atom. The van der Waals surface area contributed by atoms with Gasteiger partial charge in [-0.25, -0.2) is 0 Å². The van der Waals surface area contributed by atoms with E-state index in [-0.39, 0.29) is 24.0 Å². The summed E-state index contributed by atoms with van der Waals surface area (Å²) in [6.45, 7) is 4.36. The summed E-state index contributed by atoms with van der Waals surface area (Å²) in [6.07, 6.45) is 2.81. The van der Waals surface area contributed by atoms with E-state index in [1.54, 1.807) is 13.3 Å². The summed E-state index contributed by atoms with van der Waals surface area (Å²) in [5, 5.41) is 0.912. The molecule has 2 aromatic rings. The normalized spacial score (nSPS) is 24.2. The summed E-state index contributed by atoms with van der Waals surface area (Å²) in [5.41, 5.74) is 1.74. The molecule has 2 heterocycles. The van der Waals surface area contributed by atoms with Crippen molar-refractivity contribution in [3.8, 4) is 5.75 Å². The summed E-state index contributed by atoms with van der Waals surface area (Å²) in [5.74, 6) is 0.925. The Kier molecular flexibility index (Phi) is 4.60. The standard InChI is InChI=1S/C21H24N2O4/c1-12(23-9-7-16-19(23)11-20(16)25)21(27-13(2)24)15-6-8-22-18-5-4-14(26-3)10-17(15)18/h4-6,8,10,12,16,19,21H,7,9,11H2,1-3H3/t12?,16?,19?,21-/m0/s1. The Morgan fingerprint density at radius 1 is 1.33 bits per heavy atom. The molecule has 2 aliphatic rings. The highest BCUT2D eigenvalue weighted by Gasteiger charge is 2.50. The largest absolute Gasteiger partial charge is 0.497 e. The zero-order chi connectivity index (χ0) is 19.1. The molecular formula is C21H24N2O4. The molecule has 142 valence electrons. The third-order valence-electron chi connectivity index (χ3n) is 5.96. The minimum Gasteiger partial charge on any atom is -0.497 e. The zero-order valence-electron chi connectivity index (χ0n) is 15.8. The lowest BCUT2D eigenvalue weighted by Gasteiger charge is -2.40. The summed E-state index contributed by atoms with van der Waals surface area (Å²) < 4.78 is 11.2. The van der Waals surface area contributed by atoms with Crippen molar-refractivity contribution in [3.05, 3.63) is 36.0 Å². The number of pyridine rings is 1. The fourth-order valence-electron chi connectivity index (χ4n) is 4.51. The summed E-state index contributed by atoms with van der Waals surface area (Å²) in [6, 6.07) is 7.85. The Balaban J connectivity index is 1.73. The quantitative estimate of drug-likeness (QED) is 0.756. The molecular weight excluding hydrogens is 344 g/mol. The fraction of sp³-hybridized carbons (Fsp3) is 0.476. The van der Waals surface area contributed by atoms with E-state index in [4.69, 9.17) is 9.47 Å². The Bertz CT molecular complexity index is 897. The topological polar surface area (TPSA) is 68.7 Å². The van der Waals surface area contributed by atoms with Crippen LogP contribution in [0.15, 0.2) is 30.5 Å². The monoisotopic (exact) mass is 368 g/mol. The van der Waals surface area contributed by atoms with Gasteiger partial charge in [0.15, 0.2) is 0 Å². The van der Waals surface area contributed by atoms with Crippen molar-refractivity contribution < 1.29 is 19.1 Å². The van der Waals surface area contributed by atoms with Gasteiger partial charge in [-0.05, 0) is 44.2 Å². The Morgan fingerprint density at radius 3 is 2.81 bits per heavy atom. The van der Waals surface area contributed by atoms with Gasteiger partial charge in [-0.2, -0.15) is 0 Å². The average Bonchev–Trinajstić information content (AvgIpc) is 3.01. The molecule has 1 aromatic heterocycles. The SMILES string of the molecule is COc1ccc2nccc([C@@H](OC(C)=O)C(C)N3CCC4C(=O)CC43)c2c1. The predicted octanol–water partition coefficient (Wildman–Crippen LogP) is 2.90. The first-order valence-corrected chi connectivity index (χ1v) is 9.38. The number of methoxy groups -OCH3 is 1. The number of rotatable bonds is 5. The molecule has 4 rings (SSSR count). The van der Waals surface area contributed by atoms with Crippen LogP contribution in [0, 0.1) is 5.92 Å². The highest BCUT2D eigenvalue weighted by Crippen LogP contribution is 2.42. The zero-order valence-corrected chi connectivity index (χ0v) is 15.8. The van der Waals surface area contributed by atoms with Crippen LogP contribution < -0.4 is 4.74 Å². The lowest BCUT2D eigenvalue weighted by atomic mass is 9.78. The molecule has 1 saturated heterocycles. The van der Waals surface area contributed by atoms with Crippen LogP contribution in [0.5, 0.6) is 5.75 Å². The smallest absolute Gasteiger partial charge is 0.303 e. The van der Waals surface area contributed by atoms with Crippen LogP contribution in [0.3, 0.4) is 0 Å². The number of carbonyl (C=O) groups excluding carboxylic acids is 2. The van der Waals surface area contributed by atoms with Gasteiger partial charge in [0.05, 0.1) is 12.6 Å². The second-order valence-electron chi connectivity index (χ2n) is 7.42. The average molecular weight is 368 g/mol. The molecule has 6 heteroatoms. The molecule has 1 aromatic carbocycles. The van der Waals surface area contributed by atoms with Gasteiger partial charge >= 0.3 is 5.97 Å². The number of ether oxygens (including phenoxy) is 2. The lowest BCUT2D eigenvalue weighted by Crippen LogP contribution is -2.51. The maximum atomic E-state index is 11.9. The third-order valence-corrected chi connectivity index (χ3v) is 5.96. The first kappa shape index (κ1) is 17.9. The number of aromatic nitrogens is 1. The van der Waals surface area contributed by atoms with Crippen molar-refractivity contribution in [2.75, 3.05) is 13.7 Å². The maximum Gasteiger partial charge on any atom is 0.303 e. The van der Waals surface area contributed by atoms with Crippen LogP contribution in [-0.2, 0) is 14.3 Å². The number of likely N-dealkylation sites (tertiary alicyclic amines) is 1. The highest BCUT2D eigenvalue weighted by atomic mass is 16.5. The van der Waals surface area contributed by atoms with Crippen molar-refractivity contribution in [1.82, 2.24) is 9.88 Å². The van der Waals surface area contributed by atoms with Crippen molar-refractivity contribution in [2.24, 2.45) is 5.92 Å². The van der Waals surface area contributed by atoms with Gasteiger partial charge in [-0.1, -0.05) is 0 Å². The number of ketones is 1. The number of Topliss-reactive ketones (excluding diaryl/α,β-unsaturated/α-hetero) is 1. The second kappa shape index (κ2) is 6.93. The lowest BCUT2D eigenvalue weighted by molar-refractivity contribution is -0.152. The molecule has 0 N–H and O–H groups in total. The first-order chi connectivity index (χ1) is 13.0. The van der Waals surface area contributed by atoms with Crippen LogP contribution in [0.2, 0.25) is 0 Å². The van der Waals surface area contributed by atoms with Gasteiger partial charge in [0, 0.05) is 48.5 Å². The van der Waals surface area contributed by atoms with Gasteiger partial charge in [0.2, 0.25) is 0 Å². The molecule has 1 saturated carbocycles. The first-order valence-electron chi connectivity index (χ1n) is 9.38. The van der Waals surface area contributed by atoms with E-state index in [1.807, 2.05) is 24.3 Å². The van der Waals surface area contributed by atoms with E-state index in [1.165, 1.54) is 6.92 Å². The van der Waals surface area contributed by atoms with Crippen LogP contribution >= 0.6 is 0 Å². The molecule has 0 bridgehead atoms.